The van der Waals surface area contributed by atoms with Crippen LogP contribution in [0.3, 0.4) is 0 Å². The number of aliphatic hydroxyl groups is 1. The van der Waals surface area contributed by atoms with Gasteiger partial charge in [-0.05, 0) is 23.8 Å². The molecule has 18 heavy (non-hydrogen) atoms. The maximum atomic E-state index is 11.2. The van der Waals surface area contributed by atoms with E-state index >= 15 is 0 Å². The zero-order valence-electron chi connectivity index (χ0n) is 9.91. The number of carboxylic acids is 1. The molecule has 4 nitrogen and oxygen atoms in total. The molecule has 94 valence electrons. The van der Waals surface area contributed by atoms with E-state index in [2.05, 4.69) is 0 Å². The summed E-state index contributed by atoms with van der Waals surface area (Å²) in [6, 6.07) is 6.72. The van der Waals surface area contributed by atoms with E-state index in [9.17, 15) is 9.90 Å². The van der Waals surface area contributed by atoms with E-state index in [4.69, 9.17) is 9.84 Å². The molecule has 1 aromatic rings. The van der Waals surface area contributed by atoms with E-state index in [0.717, 1.165) is 0 Å². The summed E-state index contributed by atoms with van der Waals surface area (Å²) in [6.07, 6.45) is 6.24. The van der Waals surface area contributed by atoms with Gasteiger partial charge in [0.2, 0.25) is 0 Å². The van der Waals surface area contributed by atoms with Crippen LogP contribution in [-0.4, -0.2) is 23.3 Å². The Hall–Kier alpha value is -2.07. The van der Waals surface area contributed by atoms with Gasteiger partial charge in [-0.3, -0.25) is 4.79 Å². The maximum absolute atomic E-state index is 11.2. The standard InChI is InChI=1S/C14H14O4/c1-18-11-7-5-10(6-8-11)14(17)9-3-2-4-12(14)13(15)16/h2-9,12,17H,1H3,(H,15,16). The van der Waals surface area contributed by atoms with Gasteiger partial charge in [-0.1, -0.05) is 30.4 Å². The highest BCUT2D eigenvalue weighted by Gasteiger charge is 2.40. The molecule has 1 aliphatic rings. The Morgan fingerprint density at radius 2 is 1.94 bits per heavy atom. The fourth-order valence-corrected chi connectivity index (χ4v) is 2.03. The molecule has 2 atom stereocenters. The number of rotatable bonds is 3. The van der Waals surface area contributed by atoms with Crippen LogP contribution >= 0.6 is 0 Å². The Bertz CT molecular complexity index is 501. The lowest BCUT2D eigenvalue weighted by atomic mass is 9.78. The Morgan fingerprint density at radius 1 is 1.28 bits per heavy atom. The number of hydrogen-bond acceptors (Lipinski definition) is 3. The molecule has 0 aromatic heterocycles. The fraction of sp³-hybridized carbons (Fsp3) is 0.214. The molecular weight excluding hydrogens is 232 g/mol. The minimum atomic E-state index is -1.52. The number of carbonyl (C=O) groups is 1. The lowest BCUT2D eigenvalue weighted by Gasteiger charge is -2.31. The van der Waals surface area contributed by atoms with Gasteiger partial charge in [0.25, 0.3) is 0 Å². The molecule has 2 N–H and O–H groups in total. The SMILES string of the molecule is COc1ccc(C2(O)C=CC=CC2C(=O)O)cc1. The molecule has 0 radical (unpaired) electrons. The number of aliphatic carboxylic acids is 1. The summed E-state index contributed by atoms with van der Waals surface area (Å²) >= 11 is 0. The first kappa shape index (κ1) is 12.4. The van der Waals surface area contributed by atoms with E-state index in [1.54, 1.807) is 43.5 Å². The monoisotopic (exact) mass is 246 g/mol. The average Bonchev–Trinajstić information content (AvgIpc) is 2.39. The number of methoxy groups -OCH3 is 1. The van der Waals surface area contributed by atoms with Gasteiger partial charge in [0.05, 0.1) is 7.11 Å². The third-order valence-electron chi connectivity index (χ3n) is 3.06. The molecule has 1 aromatic carbocycles. The summed E-state index contributed by atoms with van der Waals surface area (Å²) in [5.74, 6) is -1.39. The van der Waals surface area contributed by atoms with Crippen molar-refractivity contribution in [2.24, 2.45) is 5.92 Å². The molecule has 0 bridgehead atoms. The zero-order valence-corrected chi connectivity index (χ0v) is 9.91. The van der Waals surface area contributed by atoms with Gasteiger partial charge in [0.1, 0.15) is 17.3 Å². The molecule has 0 aliphatic heterocycles. The van der Waals surface area contributed by atoms with Gasteiger partial charge < -0.3 is 14.9 Å². The molecule has 2 rings (SSSR count). The van der Waals surface area contributed by atoms with Gasteiger partial charge in [-0.15, -0.1) is 0 Å². The molecule has 0 amide bonds. The molecule has 0 fully saturated rings. The first-order valence-electron chi connectivity index (χ1n) is 5.53. The third kappa shape index (κ3) is 2.02. The quantitative estimate of drug-likeness (QED) is 0.852. The van der Waals surface area contributed by atoms with Crippen molar-refractivity contribution in [3.05, 3.63) is 54.1 Å². The minimum absolute atomic E-state index is 0.524. The second-order valence-corrected chi connectivity index (χ2v) is 4.11. The van der Waals surface area contributed by atoms with Crippen LogP contribution in [0.25, 0.3) is 0 Å². The molecular formula is C14H14O4. The second kappa shape index (κ2) is 4.66. The number of ether oxygens (including phenoxy) is 1. The van der Waals surface area contributed by atoms with E-state index in [1.807, 2.05) is 0 Å². The van der Waals surface area contributed by atoms with E-state index < -0.39 is 17.5 Å². The van der Waals surface area contributed by atoms with Crippen molar-refractivity contribution >= 4 is 5.97 Å². The van der Waals surface area contributed by atoms with Crippen LogP contribution in [0.5, 0.6) is 5.75 Å². The second-order valence-electron chi connectivity index (χ2n) is 4.11. The van der Waals surface area contributed by atoms with Crippen LogP contribution in [0.15, 0.2) is 48.6 Å². The Labute approximate surface area is 105 Å². The lowest BCUT2D eigenvalue weighted by Crippen LogP contribution is -2.38. The molecule has 0 spiro atoms. The lowest BCUT2D eigenvalue weighted by molar-refractivity contribution is -0.146. The van der Waals surface area contributed by atoms with Crippen molar-refractivity contribution in [2.45, 2.75) is 5.60 Å². The first-order chi connectivity index (χ1) is 8.58. The van der Waals surface area contributed by atoms with Crippen LogP contribution in [-0.2, 0) is 10.4 Å². The summed E-state index contributed by atoms with van der Waals surface area (Å²) in [5.41, 5.74) is -0.997. The molecule has 1 aliphatic carbocycles. The third-order valence-corrected chi connectivity index (χ3v) is 3.06. The predicted octanol–water partition coefficient (Wildman–Crippen LogP) is 1.71. The van der Waals surface area contributed by atoms with Crippen LogP contribution in [0.4, 0.5) is 0 Å². The number of carboxylic acid groups (broad SMARTS) is 1. The largest absolute Gasteiger partial charge is 0.497 e. The average molecular weight is 246 g/mol. The van der Waals surface area contributed by atoms with Crippen LogP contribution in [0.2, 0.25) is 0 Å². The van der Waals surface area contributed by atoms with Crippen molar-refractivity contribution in [2.75, 3.05) is 7.11 Å². The summed E-state index contributed by atoms with van der Waals surface area (Å²) in [4.78, 5) is 11.2. The van der Waals surface area contributed by atoms with E-state index in [-0.39, 0.29) is 0 Å². The van der Waals surface area contributed by atoms with Gasteiger partial charge >= 0.3 is 5.97 Å². The van der Waals surface area contributed by atoms with Gasteiger partial charge in [-0.25, -0.2) is 0 Å². The Balaban J connectivity index is 2.41. The predicted molar refractivity (Wildman–Crippen MR) is 66.3 cm³/mol. The van der Waals surface area contributed by atoms with Gasteiger partial charge in [0.15, 0.2) is 0 Å². The molecule has 0 saturated carbocycles. The molecule has 0 saturated heterocycles. The van der Waals surface area contributed by atoms with Crippen LogP contribution in [0, 0.1) is 5.92 Å². The smallest absolute Gasteiger partial charge is 0.314 e. The van der Waals surface area contributed by atoms with Crippen molar-refractivity contribution in [1.82, 2.24) is 0 Å². The number of hydrogen-bond donors (Lipinski definition) is 2. The molecule has 0 heterocycles. The fourth-order valence-electron chi connectivity index (χ4n) is 2.03. The van der Waals surface area contributed by atoms with E-state index in [0.29, 0.717) is 11.3 Å². The Kier molecular flexibility index (Phi) is 3.21. The highest BCUT2D eigenvalue weighted by Crippen LogP contribution is 2.35. The van der Waals surface area contributed by atoms with Crippen LogP contribution in [0.1, 0.15) is 5.56 Å². The van der Waals surface area contributed by atoms with Crippen molar-refractivity contribution in [3.8, 4) is 5.75 Å². The topological polar surface area (TPSA) is 66.8 Å². The number of benzene rings is 1. The van der Waals surface area contributed by atoms with Crippen molar-refractivity contribution < 1.29 is 19.7 Å². The summed E-state index contributed by atoms with van der Waals surface area (Å²) in [5, 5.41) is 19.7. The maximum Gasteiger partial charge on any atom is 0.314 e. The number of allylic oxidation sites excluding steroid dienone is 2. The summed E-state index contributed by atoms with van der Waals surface area (Å²) in [7, 11) is 1.55. The highest BCUT2D eigenvalue weighted by atomic mass is 16.5. The van der Waals surface area contributed by atoms with Crippen molar-refractivity contribution in [3.63, 3.8) is 0 Å². The molecule has 2 unspecified atom stereocenters. The van der Waals surface area contributed by atoms with Gasteiger partial charge in [-0.2, -0.15) is 0 Å². The first-order valence-corrected chi connectivity index (χ1v) is 5.53. The summed E-state index contributed by atoms with van der Waals surface area (Å²) in [6.45, 7) is 0. The highest BCUT2D eigenvalue weighted by molar-refractivity contribution is 5.75. The Morgan fingerprint density at radius 3 is 2.50 bits per heavy atom. The van der Waals surface area contributed by atoms with Crippen LogP contribution < -0.4 is 4.74 Å². The van der Waals surface area contributed by atoms with Gasteiger partial charge in [0, 0.05) is 0 Å². The normalized spacial score (nSPS) is 26.0. The van der Waals surface area contributed by atoms with Crippen molar-refractivity contribution in [1.29, 1.82) is 0 Å². The van der Waals surface area contributed by atoms with E-state index in [1.165, 1.54) is 12.2 Å². The summed E-state index contributed by atoms with van der Waals surface area (Å²) < 4.78 is 5.03. The zero-order chi connectivity index (χ0) is 13.2. The molecule has 4 heteroatoms. The minimum Gasteiger partial charge on any atom is -0.497 e.